The number of aryl methyl sites for hydroxylation is 1. The highest BCUT2D eigenvalue weighted by Gasteiger charge is 2.11. The zero-order valence-electron chi connectivity index (χ0n) is 10.2. The Kier molecular flexibility index (Phi) is 4.12. The number of amides is 1. The van der Waals surface area contributed by atoms with Gasteiger partial charge in [-0.3, -0.25) is 4.79 Å². The van der Waals surface area contributed by atoms with Gasteiger partial charge in [-0.15, -0.1) is 0 Å². The van der Waals surface area contributed by atoms with E-state index in [9.17, 15) is 4.79 Å². The number of carbonyl (C=O) groups excluding carboxylic acids is 1. The molecular formula is C14H12BrClN2O. The number of rotatable bonds is 2. The minimum Gasteiger partial charge on any atom is -0.398 e. The number of benzene rings is 2. The first kappa shape index (κ1) is 13.9. The number of halogens is 2. The van der Waals surface area contributed by atoms with Gasteiger partial charge in [-0.25, -0.2) is 0 Å². The lowest BCUT2D eigenvalue weighted by molar-refractivity contribution is 0.102. The third-order valence-corrected chi connectivity index (χ3v) is 3.25. The number of hydrogen-bond donors (Lipinski definition) is 2. The van der Waals surface area contributed by atoms with Gasteiger partial charge in [-0.05, 0) is 48.9 Å². The molecule has 1 amide bonds. The Morgan fingerprint density at radius 3 is 2.68 bits per heavy atom. The van der Waals surface area contributed by atoms with Crippen LogP contribution in [0.4, 0.5) is 11.4 Å². The van der Waals surface area contributed by atoms with Gasteiger partial charge in [0.2, 0.25) is 0 Å². The van der Waals surface area contributed by atoms with E-state index in [0.717, 1.165) is 10.0 Å². The number of anilines is 2. The van der Waals surface area contributed by atoms with Crippen LogP contribution in [0.15, 0.2) is 40.9 Å². The van der Waals surface area contributed by atoms with Crippen LogP contribution in [0.25, 0.3) is 0 Å². The van der Waals surface area contributed by atoms with E-state index in [-0.39, 0.29) is 5.91 Å². The van der Waals surface area contributed by atoms with E-state index < -0.39 is 0 Å². The van der Waals surface area contributed by atoms with Gasteiger partial charge in [0.25, 0.3) is 5.91 Å². The number of hydrogen-bond acceptors (Lipinski definition) is 2. The smallest absolute Gasteiger partial charge is 0.257 e. The van der Waals surface area contributed by atoms with E-state index in [0.29, 0.717) is 22.0 Å². The summed E-state index contributed by atoms with van der Waals surface area (Å²) in [7, 11) is 0. The van der Waals surface area contributed by atoms with E-state index in [1.54, 1.807) is 18.2 Å². The molecule has 2 aromatic rings. The van der Waals surface area contributed by atoms with E-state index in [2.05, 4.69) is 21.2 Å². The lowest BCUT2D eigenvalue weighted by atomic mass is 10.1. The van der Waals surface area contributed by atoms with Crippen LogP contribution in [0, 0.1) is 6.92 Å². The number of nitrogen functional groups attached to an aromatic ring is 1. The first-order valence-electron chi connectivity index (χ1n) is 5.59. The van der Waals surface area contributed by atoms with Crippen molar-refractivity contribution in [2.24, 2.45) is 0 Å². The van der Waals surface area contributed by atoms with Gasteiger partial charge >= 0.3 is 0 Å². The lowest BCUT2D eigenvalue weighted by Gasteiger charge is -2.09. The van der Waals surface area contributed by atoms with Crippen molar-refractivity contribution in [1.82, 2.24) is 0 Å². The minimum absolute atomic E-state index is 0.280. The molecule has 0 saturated heterocycles. The molecule has 0 aromatic heterocycles. The quantitative estimate of drug-likeness (QED) is 0.804. The van der Waals surface area contributed by atoms with Gasteiger partial charge in [0.15, 0.2) is 0 Å². The topological polar surface area (TPSA) is 55.1 Å². The molecule has 0 aliphatic rings. The predicted octanol–water partition coefficient (Wildman–Crippen LogP) is 4.25. The van der Waals surface area contributed by atoms with Crippen LogP contribution in [0.5, 0.6) is 0 Å². The van der Waals surface area contributed by atoms with Gasteiger partial charge in [0.1, 0.15) is 0 Å². The molecule has 0 saturated carbocycles. The van der Waals surface area contributed by atoms with Crippen molar-refractivity contribution in [3.05, 3.63) is 57.0 Å². The highest BCUT2D eigenvalue weighted by atomic mass is 79.9. The summed E-state index contributed by atoms with van der Waals surface area (Å²) in [4.78, 5) is 12.1. The highest BCUT2D eigenvalue weighted by molar-refractivity contribution is 9.10. The molecule has 0 radical (unpaired) electrons. The molecule has 3 N–H and O–H groups in total. The summed E-state index contributed by atoms with van der Waals surface area (Å²) in [5.74, 6) is -0.280. The molecule has 98 valence electrons. The average Bonchev–Trinajstić information content (AvgIpc) is 2.30. The molecule has 0 unspecified atom stereocenters. The predicted molar refractivity (Wildman–Crippen MR) is 82.7 cm³/mol. The standard InChI is InChI=1S/C14H12BrClN2O/c1-8-4-9(15)6-11(5-8)18-14(19)12-7-10(16)2-3-13(12)17/h2-7H,17H2,1H3,(H,18,19). The summed E-state index contributed by atoms with van der Waals surface area (Å²) in [5.41, 5.74) is 8.29. The maximum Gasteiger partial charge on any atom is 0.257 e. The fourth-order valence-corrected chi connectivity index (χ4v) is 2.51. The molecule has 0 spiro atoms. The van der Waals surface area contributed by atoms with E-state index in [1.165, 1.54) is 0 Å². The van der Waals surface area contributed by atoms with Crippen LogP contribution in [0.2, 0.25) is 5.02 Å². The summed E-state index contributed by atoms with van der Waals surface area (Å²) < 4.78 is 0.905. The molecule has 19 heavy (non-hydrogen) atoms. The average molecular weight is 340 g/mol. The zero-order valence-corrected chi connectivity index (χ0v) is 12.5. The monoisotopic (exact) mass is 338 g/mol. The third-order valence-electron chi connectivity index (χ3n) is 2.56. The van der Waals surface area contributed by atoms with Crippen molar-refractivity contribution in [3.63, 3.8) is 0 Å². The lowest BCUT2D eigenvalue weighted by Crippen LogP contribution is -2.14. The number of carbonyl (C=O) groups is 1. The molecular weight excluding hydrogens is 328 g/mol. The van der Waals surface area contributed by atoms with E-state index >= 15 is 0 Å². The summed E-state index contributed by atoms with van der Waals surface area (Å²) in [5, 5.41) is 3.28. The summed E-state index contributed by atoms with van der Waals surface area (Å²) >= 11 is 9.26. The van der Waals surface area contributed by atoms with Crippen LogP contribution < -0.4 is 11.1 Å². The van der Waals surface area contributed by atoms with Gasteiger partial charge in [0.05, 0.1) is 5.56 Å². The van der Waals surface area contributed by atoms with Gasteiger partial charge in [0, 0.05) is 20.9 Å². The number of nitrogens with one attached hydrogen (secondary N) is 1. The van der Waals surface area contributed by atoms with Crippen molar-refractivity contribution in [2.75, 3.05) is 11.1 Å². The molecule has 0 aliphatic heterocycles. The first-order chi connectivity index (χ1) is 8.95. The van der Waals surface area contributed by atoms with E-state index in [4.69, 9.17) is 17.3 Å². The zero-order chi connectivity index (χ0) is 14.0. The Bertz CT molecular complexity index is 623. The second kappa shape index (κ2) is 5.63. The Labute approximate surface area is 124 Å². The molecule has 5 heteroatoms. The van der Waals surface area contributed by atoms with Gasteiger partial charge in [-0.1, -0.05) is 27.5 Å². The Morgan fingerprint density at radius 2 is 2.00 bits per heavy atom. The molecule has 0 atom stereocenters. The second-order valence-corrected chi connectivity index (χ2v) is 5.56. The van der Waals surface area contributed by atoms with Crippen LogP contribution in [-0.4, -0.2) is 5.91 Å². The van der Waals surface area contributed by atoms with Gasteiger partial charge in [-0.2, -0.15) is 0 Å². The largest absolute Gasteiger partial charge is 0.398 e. The molecule has 0 heterocycles. The summed E-state index contributed by atoms with van der Waals surface area (Å²) in [6, 6.07) is 10.5. The van der Waals surface area contributed by atoms with Crippen molar-refractivity contribution in [2.45, 2.75) is 6.92 Å². The molecule has 2 rings (SSSR count). The molecule has 3 nitrogen and oxygen atoms in total. The van der Waals surface area contributed by atoms with Crippen molar-refractivity contribution >= 4 is 44.8 Å². The van der Waals surface area contributed by atoms with Crippen LogP contribution in [0.1, 0.15) is 15.9 Å². The van der Waals surface area contributed by atoms with Crippen molar-refractivity contribution in [1.29, 1.82) is 0 Å². The summed E-state index contributed by atoms with van der Waals surface area (Å²) in [6.07, 6.45) is 0. The van der Waals surface area contributed by atoms with E-state index in [1.807, 2.05) is 25.1 Å². The number of nitrogens with two attached hydrogens (primary N) is 1. The summed E-state index contributed by atoms with van der Waals surface area (Å²) in [6.45, 7) is 1.95. The third kappa shape index (κ3) is 3.49. The van der Waals surface area contributed by atoms with Crippen molar-refractivity contribution < 1.29 is 4.79 Å². The Hall–Kier alpha value is -1.52. The highest BCUT2D eigenvalue weighted by Crippen LogP contribution is 2.22. The Morgan fingerprint density at radius 1 is 1.26 bits per heavy atom. The molecule has 0 aliphatic carbocycles. The molecule has 0 fully saturated rings. The second-order valence-electron chi connectivity index (χ2n) is 4.20. The maximum absolute atomic E-state index is 12.1. The maximum atomic E-state index is 12.1. The van der Waals surface area contributed by atoms with Crippen LogP contribution in [-0.2, 0) is 0 Å². The van der Waals surface area contributed by atoms with Crippen LogP contribution in [0.3, 0.4) is 0 Å². The normalized spacial score (nSPS) is 10.3. The molecule has 2 aromatic carbocycles. The fourth-order valence-electron chi connectivity index (χ4n) is 1.73. The van der Waals surface area contributed by atoms with Gasteiger partial charge < -0.3 is 11.1 Å². The first-order valence-corrected chi connectivity index (χ1v) is 6.76. The Balaban J connectivity index is 2.28. The molecule has 0 bridgehead atoms. The minimum atomic E-state index is -0.280. The SMILES string of the molecule is Cc1cc(Br)cc(NC(=O)c2cc(Cl)ccc2N)c1. The van der Waals surface area contributed by atoms with Crippen molar-refractivity contribution in [3.8, 4) is 0 Å². The van der Waals surface area contributed by atoms with Crippen LogP contribution >= 0.6 is 27.5 Å². The fraction of sp³-hybridized carbons (Fsp3) is 0.0714.